The number of benzene rings is 1. The third-order valence-electron chi connectivity index (χ3n) is 5.31. The van der Waals surface area contributed by atoms with Crippen LogP contribution in [0.4, 0.5) is 13.2 Å². The molecule has 1 aliphatic heterocycles. The van der Waals surface area contributed by atoms with Gasteiger partial charge in [0.1, 0.15) is 36.3 Å². The molecule has 0 radical (unpaired) electrons. The Morgan fingerprint density at radius 1 is 1.17 bits per heavy atom. The molecule has 4 rings (SSSR count). The van der Waals surface area contributed by atoms with Gasteiger partial charge < -0.3 is 9.84 Å². The molecule has 1 aliphatic rings. The molecule has 0 bridgehead atoms. The molecule has 0 aliphatic carbocycles. The Labute approximate surface area is 209 Å². The maximum absolute atomic E-state index is 15.9. The summed E-state index contributed by atoms with van der Waals surface area (Å²) in [6.07, 6.45) is 3.74. The molecule has 9 nitrogen and oxygen atoms in total. The Hall–Kier alpha value is -3.92. The number of nitriles is 1. The molecule has 1 atom stereocenters. The van der Waals surface area contributed by atoms with Crippen LogP contribution in [-0.2, 0) is 18.1 Å². The van der Waals surface area contributed by atoms with Gasteiger partial charge in [0.25, 0.3) is 0 Å². The maximum atomic E-state index is 15.9. The zero-order valence-corrected chi connectivity index (χ0v) is 19.5. The molecule has 3 heterocycles. The average Bonchev–Trinajstić information content (AvgIpc) is 3.27. The number of rotatable bonds is 8. The average molecular weight is 518 g/mol. The minimum Gasteiger partial charge on any atom is -0.486 e. The summed E-state index contributed by atoms with van der Waals surface area (Å²) in [5, 5.41) is 26.3. The summed E-state index contributed by atoms with van der Waals surface area (Å²) in [4.78, 5) is 7.85. The van der Waals surface area contributed by atoms with Crippen LogP contribution in [0.15, 0.2) is 60.0 Å². The second-order valence-electron chi connectivity index (χ2n) is 7.88. The van der Waals surface area contributed by atoms with Gasteiger partial charge in [-0.3, -0.25) is 15.0 Å². The van der Waals surface area contributed by atoms with Crippen LogP contribution in [0.1, 0.15) is 22.5 Å². The molecular weight excluding hydrogens is 499 g/mol. The molecule has 0 fully saturated rings. The summed E-state index contributed by atoms with van der Waals surface area (Å²) in [6.45, 7) is -0.821. The molecule has 3 aromatic rings. The van der Waals surface area contributed by atoms with Gasteiger partial charge in [-0.2, -0.15) is 14.0 Å². The van der Waals surface area contributed by atoms with E-state index in [-0.39, 0.29) is 17.4 Å². The summed E-state index contributed by atoms with van der Waals surface area (Å²) < 4.78 is 52.0. The highest BCUT2D eigenvalue weighted by Crippen LogP contribution is 2.46. The number of halogens is 4. The fraction of sp³-hybridized carbons (Fsp3) is 0.217. The predicted octanol–water partition coefficient (Wildman–Crippen LogP) is 3.31. The van der Waals surface area contributed by atoms with E-state index in [2.05, 4.69) is 20.6 Å². The summed E-state index contributed by atoms with van der Waals surface area (Å²) in [7, 11) is 1.57. The Balaban J connectivity index is 1.60. The minimum absolute atomic E-state index is 0.00913. The Morgan fingerprint density at radius 3 is 2.56 bits per heavy atom. The minimum atomic E-state index is -4.08. The maximum Gasteiger partial charge on any atom is 0.323 e. The number of hydrazine groups is 2. The Bertz CT molecular complexity index is 1300. The van der Waals surface area contributed by atoms with E-state index in [9.17, 15) is 9.50 Å². The van der Waals surface area contributed by atoms with E-state index < -0.39 is 35.1 Å². The third kappa shape index (κ3) is 5.03. The molecule has 0 amide bonds. The molecule has 13 heteroatoms. The van der Waals surface area contributed by atoms with Gasteiger partial charge in [0.15, 0.2) is 5.60 Å². The molecule has 1 unspecified atom stereocenters. The lowest BCUT2D eigenvalue weighted by Gasteiger charge is -2.38. The van der Waals surface area contributed by atoms with E-state index in [1.807, 2.05) is 6.07 Å². The van der Waals surface area contributed by atoms with Crippen LogP contribution >= 0.6 is 11.6 Å². The number of nitrogens with zero attached hydrogens (tertiary/aromatic N) is 6. The van der Waals surface area contributed by atoms with E-state index in [0.717, 1.165) is 29.5 Å². The molecule has 0 saturated carbocycles. The number of β-amino-alcohol motifs (C(OH)–C–C–N with tert-alkyl or cyclic N) is 1. The molecule has 2 N–H and O–H groups in total. The largest absolute Gasteiger partial charge is 0.486 e. The highest BCUT2D eigenvalue weighted by atomic mass is 35.5. The van der Waals surface area contributed by atoms with Crippen molar-refractivity contribution in [3.63, 3.8) is 0 Å². The van der Waals surface area contributed by atoms with Crippen LogP contribution in [0.25, 0.3) is 0 Å². The van der Waals surface area contributed by atoms with Gasteiger partial charge in [0.2, 0.25) is 0 Å². The monoisotopic (exact) mass is 517 g/mol. The van der Waals surface area contributed by atoms with Crippen molar-refractivity contribution in [1.29, 1.82) is 5.26 Å². The lowest BCUT2D eigenvalue weighted by Crippen LogP contribution is -2.54. The van der Waals surface area contributed by atoms with Crippen LogP contribution in [0.3, 0.4) is 0 Å². The van der Waals surface area contributed by atoms with E-state index in [4.69, 9.17) is 21.6 Å². The van der Waals surface area contributed by atoms with Crippen molar-refractivity contribution in [3.8, 4) is 11.8 Å². The number of hydrogen-bond acceptors (Lipinski definition) is 9. The summed E-state index contributed by atoms with van der Waals surface area (Å²) >= 11 is 5.79. The number of ether oxygens (including phenoxy) is 1. The van der Waals surface area contributed by atoms with Crippen molar-refractivity contribution < 1.29 is 23.0 Å². The van der Waals surface area contributed by atoms with Gasteiger partial charge >= 0.3 is 5.92 Å². The quantitative estimate of drug-likeness (QED) is 0.468. The number of aliphatic hydroxyl groups is 1. The van der Waals surface area contributed by atoms with Crippen molar-refractivity contribution in [2.75, 3.05) is 13.6 Å². The zero-order chi connectivity index (χ0) is 25.9. The van der Waals surface area contributed by atoms with Crippen LogP contribution < -0.4 is 10.3 Å². The number of hydrazone groups is 1. The van der Waals surface area contributed by atoms with Gasteiger partial charge in [0, 0.05) is 23.8 Å². The first-order valence-corrected chi connectivity index (χ1v) is 10.8. The van der Waals surface area contributed by atoms with Crippen LogP contribution in [0.5, 0.6) is 5.75 Å². The van der Waals surface area contributed by atoms with Gasteiger partial charge in [-0.05, 0) is 36.4 Å². The molecule has 0 spiro atoms. The second kappa shape index (κ2) is 9.98. The lowest BCUT2D eigenvalue weighted by molar-refractivity contribution is -0.212. The lowest BCUT2D eigenvalue weighted by atomic mass is 9.84. The van der Waals surface area contributed by atoms with Crippen molar-refractivity contribution >= 4 is 17.9 Å². The van der Waals surface area contributed by atoms with Gasteiger partial charge in [-0.25, -0.2) is 9.51 Å². The number of aromatic nitrogens is 2. The second-order valence-corrected chi connectivity index (χ2v) is 8.31. The fourth-order valence-electron chi connectivity index (χ4n) is 3.44. The van der Waals surface area contributed by atoms with E-state index in [1.165, 1.54) is 29.7 Å². The van der Waals surface area contributed by atoms with Gasteiger partial charge in [-0.15, -0.1) is 10.6 Å². The van der Waals surface area contributed by atoms with Crippen LogP contribution in [0.2, 0.25) is 5.02 Å². The smallest absolute Gasteiger partial charge is 0.323 e. The highest BCUT2D eigenvalue weighted by Gasteiger charge is 2.58. The topological polar surface area (TPSA) is 110 Å². The molecule has 0 saturated heterocycles. The third-order valence-corrected chi connectivity index (χ3v) is 5.55. The first kappa shape index (κ1) is 25.2. The molecular formula is C23H19ClF3N7O2. The summed E-state index contributed by atoms with van der Waals surface area (Å²) in [5.41, 5.74) is -1.08. The number of hydrogen-bond donors (Lipinski definition) is 2. The standard InChI is InChI=1S/C23H19ClF3N7O2/c1-33-14-31-34(32-33)13-22(35,19-6-3-16(24)8-20(19)25)23(26,27)21-7-5-18(11-30-21)36-12-17-4-2-15(9-28)10-29-17/h2-8,10-11,14,32,35H,12-13H2,1H3. The van der Waals surface area contributed by atoms with Crippen LogP contribution in [0, 0.1) is 17.1 Å². The van der Waals surface area contributed by atoms with Crippen molar-refractivity contribution in [1.82, 2.24) is 25.6 Å². The summed E-state index contributed by atoms with van der Waals surface area (Å²) in [5.74, 6) is -5.03. The van der Waals surface area contributed by atoms with E-state index in [1.54, 1.807) is 19.2 Å². The van der Waals surface area contributed by atoms with E-state index in [0.29, 0.717) is 11.3 Å². The Kier molecular flexibility index (Phi) is 6.98. The summed E-state index contributed by atoms with van der Waals surface area (Å²) in [6, 6.07) is 10.4. The van der Waals surface area contributed by atoms with Crippen molar-refractivity contribution in [2.45, 2.75) is 18.1 Å². The first-order valence-electron chi connectivity index (χ1n) is 10.4. The molecule has 36 heavy (non-hydrogen) atoms. The molecule has 2 aromatic heterocycles. The van der Waals surface area contributed by atoms with Crippen LogP contribution in [-0.4, -0.2) is 45.1 Å². The predicted molar refractivity (Wildman–Crippen MR) is 123 cm³/mol. The Morgan fingerprint density at radius 2 is 1.97 bits per heavy atom. The zero-order valence-electron chi connectivity index (χ0n) is 18.7. The normalized spacial score (nSPS) is 15.0. The number of nitrogens with one attached hydrogen (secondary N) is 1. The number of alkyl halides is 2. The highest BCUT2D eigenvalue weighted by molar-refractivity contribution is 6.30. The fourth-order valence-corrected chi connectivity index (χ4v) is 3.60. The van der Waals surface area contributed by atoms with E-state index >= 15 is 8.78 Å². The SMILES string of the molecule is CN1C=NN(CC(O)(c2ccc(Cl)cc2F)C(F)(F)c2ccc(OCc3ccc(C#N)cn3)cn2)N1. The molecule has 1 aromatic carbocycles. The molecule has 186 valence electrons. The first-order chi connectivity index (χ1) is 17.1. The van der Waals surface area contributed by atoms with Crippen molar-refractivity contribution in [3.05, 3.63) is 88.2 Å². The van der Waals surface area contributed by atoms with Gasteiger partial charge in [0.05, 0.1) is 24.0 Å². The van der Waals surface area contributed by atoms with Crippen molar-refractivity contribution in [2.24, 2.45) is 5.10 Å². The number of pyridine rings is 2. The van der Waals surface area contributed by atoms with Gasteiger partial charge in [-0.1, -0.05) is 17.7 Å².